The van der Waals surface area contributed by atoms with Gasteiger partial charge >= 0.3 is 5.97 Å². The minimum absolute atomic E-state index is 0.0522. The molecular formula is C13H16FNO3. The fourth-order valence-electron chi connectivity index (χ4n) is 2.12. The first-order valence-corrected chi connectivity index (χ1v) is 5.92. The Balaban J connectivity index is 2.06. The highest BCUT2D eigenvalue weighted by atomic mass is 19.1. The van der Waals surface area contributed by atoms with Crippen molar-refractivity contribution in [3.63, 3.8) is 0 Å². The Hall–Kier alpha value is -1.46. The number of benzene rings is 1. The Bertz CT molecular complexity index is 421. The number of hydrogen-bond acceptors (Lipinski definition) is 3. The van der Waals surface area contributed by atoms with Crippen LogP contribution in [0.4, 0.5) is 4.39 Å². The summed E-state index contributed by atoms with van der Waals surface area (Å²) in [5, 5.41) is 8.94. The first-order valence-electron chi connectivity index (χ1n) is 5.92. The lowest BCUT2D eigenvalue weighted by atomic mass is 10.1. The second-order valence-corrected chi connectivity index (χ2v) is 4.42. The predicted molar refractivity (Wildman–Crippen MR) is 63.8 cm³/mol. The van der Waals surface area contributed by atoms with Crippen LogP contribution in [0.3, 0.4) is 0 Å². The largest absolute Gasteiger partial charge is 0.479 e. The van der Waals surface area contributed by atoms with Crippen LogP contribution in [0.2, 0.25) is 0 Å². The van der Waals surface area contributed by atoms with Crippen molar-refractivity contribution >= 4 is 5.97 Å². The molecule has 0 saturated carbocycles. The second kappa shape index (κ2) is 5.46. The van der Waals surface area contributed by atoms with Crippen molar-refractivity contribution in [1.82, 2.24) is 4.90 Å². The molecule has 0 spiro atoms. The monoisotopic (exact) mass is 253 g/mol. The number of carbonyl (C=O) groups is 1. The van der Waals surface area contributed by atoms with Gasteiger partial charge in [0.1, 0.15) is 5.82 Å². The van der Waals surface area contributed by atoms with Gasteiger partial charge in [-0.25, -0.2) is 9.18 Å². The third kappa shape index (κ3) is 2.86. The van der Waals surface area contributed by atoms with E-state index in [0.717, 1.165) is 5.56 Å². The third-order valence-corrected chi connectivity index (χ3v) is 3.27. The third-order valence-electron chi connectivity index (χ3n) is 3.27. The van der Waals surface area contributed by atoms with Gasteiger partial charge in [0.05, 0.1) is 6.61 Å². The zero-order chi connectivity index (χ0) is 13.1. The van der Waals surface area contributed by atoms with Gasteiger partial charge in [0.15, 0.2) is 6.10 Å². The second-order valence-electron chi connectivity index (χ2n) is 4.42. The van der Waals surface area contributed by atoms with Crippen LogP contribution in [0.5, 0.6) is 0 Å². The van der Waals surface area contributed by atoms with E-state index in [1.165, 1.54) is 12.1 Å². The van der Waals surface area contributed by atoms with Crippen LogP contribution < -0.4 is 0 Å². The molecule has 0 aromatic heterocycles. The average Bonchev–Trinajstić information content (AvgIpc) is 2.39. The van der Waals surface area contributed by atoms with E-state index in [9.17, 15) is 9.18 Å². The predicted octanol–water partition coefficient (Wildman–Crippen LogP) is 1.67. The Morgan fingerprint density at radius 2 is 2.17 bits per heavy atom. The van der Waals surface area contributed by atoms with Crippen LogP contribution in [0, 0.1) is 5.82 Å². The first-order chi connectivity index (χ1) is 8.58. The summed E-state index contributed by atoms with van der Waals surface area (Å²) in [6.07, 6.45) is -0.776. The van der Waals surface area contributed by atoms with Gasteiger partial charge in [-0.3, -0.25) is 4.90 Å². The lowest BCUT2D eigenvalue weighted by Gasteiger charge is -2.35. The molecule has 1 heterocycles. The van der Waals surface area contributed by atoms with Crippen molar-refractivity contribution in [3.05, 3.63) is 35.6 Å². The number of aliphatic carboxylic acids is 1. The van der Waals surface area contributed by atoms with Gasteiger partial charge in [0.25, 0.3) is 0 Å². The van der Waals surface area contributed by atoms with Gasteiger partial charge in [-0.15, -0.1) is 0 Å². The molecule has 0 aliphatic carbocycles. The maximum atomic E-state index is 12.8. The van der Waals surface area contributed by atoms with Crippen molar-refractivity contribution in [2.45, 2.75) is 19.1 Å². The normalized spacial score (nSPS) is 22.7. The van der Waals surface area contributed by atoms with Crippen LogP contribution in [0.25, 0.3) is 0 Å². The number of carboxylic acids is 1. The van der Waals surface area contributed by atoms with Gasteiger partial charge in [-0.1, -0.05) is 12.1 Å². The summed E-state index contributed by atoms with van der Waals surface area (Å²) in [6, 6.07) is 6.34. The van der Waals surface area contributed by atoms with E-state index < -0.39 is 12.1 Å². The van der Waals surface area contributed by atoms with E-state index >= 15 is 0 Å². The summed E-state index contributed by atoms with van der Waals surface area (Å²) in [5.74, 6) is -1.21. The fraction of sp³-hybridized carbons (Fsp3) is 0.462. The molecule has 1 aliphatic rings. The van der Waals surface area contributed by atoms with Gasteiger partial charge in [0.2, 0.25) is 0 Å². The highest BCUT2D eigenvalue weighted by molar-refractivity contribution is 5.72. The SMILES string of the molecule is CC(c1ccc(F)cc1)N1CCOC(C(=O)O)C1. The lowest BCUT2D eigenvalue weighted by molar-refractivity contribution is -0.157. The number of ether oxygens (including phenoxy) is 1. The molecule has 5 heteroatoms. The van der Waals surface area contributed by atoms with Crippen molar-refractivity contribution in [3.8, 4) is 0 Å². The molecule has 2 atom stereocenters. The molecule has 98 valence electrons. The molecule has 2 unspecified atom stereocenters. The summed E-state index contributed by atoms with van der Waals surface area (Å²) in [5.41, 5.74) is 0.974. The van der Waals surface area contributed by atoms with E-state index in [-0.39, 0.29) is 11.9 Å². The van der Waals surface area contributed by atoms with Crippen LogP contribution in [0.15, 0.2) is 24.3 Å². The summed E-state index contributed by atoms with van der Waals surface area (Å²) in [7, 11) is 0. The molecule has 4 nitrogen and oxygen atoms in total. The molecule has 2 rings (SSSR count). The number of halogens is 1. The number of rotatable bonds is 3. The summed E-state index contributed by atoms with van der Waals surface area (Å²) >= 11 is 0. The smallest absolute Gasteiger partial charge is 0.334 e. The van der Waals surface area contributed by atoms with Gasteiger partial charge in [-0.2, -0.15) is 0 Å². The Kier molecular flexibility index (Phi) is 3.93. The first kappa shape index (κ1) is 13.0. The van der Waals surface area contributed by atoms with Crippen LogP contribution in [-0.2, 0) is 9.53 Å². The van der Waals surface area contributed by atoms with Crippen LogP contribution in [0.1, 0.15) is 18.5 Å². The van der Waals surface area contributed by atoms with Gasteiger partial charge in [0, 0.05) is 19.1 Å². The maximum Gasteiger partial charge on any atom is 0.334 e. The zero-order valence-electron chi connectivity index (χ0n) is 10.2. The van der Waals surface area contributed by atoms with Crippen LogP contribution in [-0.4, -0.2) is 41.8 Å². The number of carboxylic acid groups (broad SMARTS) is 1. The Morgan fingerprint density at radius 1 is 1.50 bits per heavy atom. The minimum Gasteiger partial charge on any atom is -0.479 e. The molecule has 0 amide bonds. The van der Waals surface area contributed by atoms with Gasteiger partial charge in [-0.05, 0) is 24.6 Å². The molecule has 1 aliphatic heterocycles. The molecular weight excluding hydrogens is 237 g/mol. The molecule has 1 N–H and O–H groups in total. The topological polar surface area (TPSA) is 49.8 Å². The average molecular weight is 253 g/mol. The van der Waals surface area contributed by atoms with Crippen molar-refractivity contribution in [2.75, 3.05) is 19.7 Å². The van der Waals surface area contributed by atoms with E-state index in [0.29, 0.717) is 19.7 Å². The number of hydrogen-bond donors (Lipinski definition) is 1. The standard InChI is InChI=1S/C13H16FNO3/c1-9(10-2-4-11(14)5-3-10)15-6-7-18-12(8-15)13(16)17/h2-5,9,12H,6-8H2,1H3,(H,16,17). The lowest BCUT2D eigenvalue weighted by Crippen LogP contribution is -2.46. The summed E-state index contributed by atoms with van der Waals surface area (Å²) in [6.45, 7) is 3.43. The van der Waals surface area contributed by atoms with Crippen molar-refractivity contribution in [1.29, 1.82) is 0 Å². The molecule has 1 aromatic carbocycles. The fourth-order valence-corrected chi connectivity index (χ4v) is 2.12. The molecule has 0 radical (unpaired) electrons. The Labute approximate surface area is 105 Å². The van der Waals surface area contributed by atoms with Gasteiger partial charge < -0.3 is 9.84 Å². The highest BCUT2D eigenvalue weighted by Crippen LogP contribution is 2.22. The number of morpholine rings is 1. The van der Waals surface area contributed by atoms with E-state index in [2.05, 4.69) is 0 Å². The maximum absolute atomic E-state index is 12.8. The van der Waals surface area contributed by atoms with E-state index in [1.807, 2.05) is 11.8 Å². The van der Waals surface area contributed by atoms with E-state index in [1.54, 1.807) is 12.1 Å². The van der Waals surface area contributed by atoms with Crippen molar-refractivity contribution < 1.29 is 19.0 Å². The number of nitrogens with zero attached hydrogens (tertiary/aromatic N) is 1. The summed E-state index contributed by atoms with van der Waals surface area (Å²) < 4.78 is 18.0. The molecule has 1 aromatic rings. The Morgan fingerprint density at radius 3 is 2.78 bits per heavy atom. The van der Waals surface area contributed by atoms with E-state index in [4.69, 9.17) is 9.84 Å². The molecule has 18 heavy (non-hydrogen) atoms. The molecule has 1 fully saturated rings. The molecule has 1 saturated heterocycles. The van der Waals surface area contributed by atoms with Crippen molar-refractivity contribution in [2.24, 2.45) is 0 Å². The zero-order valence-corrected chi connectivity index (χ0v) is 10.2. The highest BCUT2D eigenvalue weighted by Gasteiger charge is 2.29. The minimum atomic E-state index is -0.939. The van der Waals surface area contributed by atoms with Crippen LogP contribution >= 0.6 is 0 Å². The quantitative estimate of drug-likeness (QED) is 0.890. The summed E-state index contributed by atoms with van der Waals surface area (Å²) in [4.78, 5) is 12.9. The molecule has 0 bridgehead atoms.